The van der Waals surface area contributed by atoms with Crippen LogP contribution in [0.25, 0.3) is 0 Å². The predicted octanol–water partition coefficient (Wildman–Crippen LogP) is 1.54. The molecule has 0 bridgehead atoms. The molecule has 0 heterocycles. The van der Waals surface area contributed by atoms with E-state index in [0.717, 1.165) is 0 Å². The molecule has 0 spiro atoms. The van der Waals surface area contributed by atoms with Crippen molar-refractivity contribution in [2.24, 2.45) is 0 Å². The molecule has 0 aliphatic heterocycles. The molecule has 0 aromatic heterocycles. The number of phenols is 1. The highest BCUT2D eigenvalue weighted by Gasteiger charge is 2.11. The average molecular weight is 210 g/mol. The quantitative estimate of drug-likeness (QED) is 0.819. The first-order valence-electron chi connectivity index (χ1n) is 4.51. The fourth-order valence-electron chi connectivity index (χ4n) is 1.32. The number of methoxy groups -OCH3 is 2. The number of hydrogen-bond acceptors (Lipinski definition) is 4. The Morgan fingerprint density at radius 3 is 2.27 bits per heavy atom. The minimum atomic E-state index is -0.0162. The topological polar surface area (TPSA) is 55.8 Å². The van der Waals surface area contributed by atoms with Gasteiger partial charge in [-0.2, -0.15) is 0 Å². The van der Waals surface area contributed by atoms with Crippen LogP contribution in [-0.2, 0) is 11.2 Å². The number of Topliss-reactive ketones (excluding diaryl/α,β-unsaturated/α-hetero) is 1. The molecule has 0 fully saturated rings. The zero-order valence-electron chi connectivity index (χ0n) is 9.03. The lowest BCUT2D eigenvalue weighted by Crippen LogP contribution is -1.99. The van der Waals surface area contributed by atoms with Crippen LogP contribution >= 0.6 is 0 Å². The smallest absolute Gasteiger partial charge is 0.164 e. The fraction of sp³-hybridized carbons (Fsp3) is 0.364. The highest BCUT2D eigenvalue weighted by molar-refractivity contribution is 5.79. The van der Waals surface area contributed by atoms with Gasteiger partial charge in [0.15, 0.2) is 11.5 Å². The van der Waals surface area contributed by atoms with Gasteiger partial charge in [-0.3, -0.25) is 4.79 Å². The molecule has 0 aliphatic carbocycles. The van der Waals surface area contributed by atoms with Crippen LogP contribution in [0.4, 0.5) is 0 Å². The summed E-state index contributed by atoms with van der Waals surface area (Å²) in [7, 11) is 2.99. The van der Waals surface area contributed by atoms with E-state index in [0.29, 0.717) is 17.1 Å². The molecule has 1 aromatic rings. The van der Waals surface area contributed by atoms with Gasteiger partial charge in [-0.25, -0.2) is 0 Å². The number of ketones is 1. The first kappa shape index (κ1) is 11.4. The van der Waals surface area contributed by atoms with Gasteiger partial charge < -0.3 is 14.6 Å². The number of aromatic hydroxyl groups is 1. The lowest BCUT2D eigenvalue weighted by molar-refractivity contribution is -0.116. The van der Waals surface area contributed by atoms with E-state index >= 15 is 0 Å². The van der Waals surface area contributed by atoms with Crippen LogP contribution in [0.15, 0.2) is 12.1 Å². The normalized spacial score (nSPS) is 9.80. The minimum absolute atomic E-state index is 0.0162. The summed E-state index contributed by atoms with van der Waals surface area (Å²) in [5.74, 6) is 0.981. The van der Waals surface area contributed by atoms with Gasteiger partial charge >= 0.3 is 0 Å². The Bertz CT molecular complexity index is 371. The molecule has 0 radical (unpaired) electrons. The lowest BCUT2D eigenvalue weighted by Gasteiger charge is -2.10. The number of carbonyl (C=O) groups excluding carboxylic acids is 1. The molecule has 82 valence electrons. The van der Waals surface area contributed by atoms with Gasteiger partial charge in [-0.05, 0) is 13.0 Å². The van der Waals surface area contributed by atoms with E-state index in [2.05, 4.69) is 0 Å². The van der Waals surface area contributed by atoms with E-state index in [-0.39, 0.29) is 18.0 Å². The maximum atomic E-state index is 10.9. The zero-order chi connectivity index (χ0) is 11.4. The van der Waals surface area contributed by atoms with Gasteiger partial charge in [-0.15, -0.1) is 0 Å². The summed E-state index contributed by atoms with van der Waals surface area (Å²) < 4.78 is 10.1. The monoisotopic (exact) mass is 210 g/mol. The Morgan fingerprint density at radius 1 is 1.27 bits per heavy atom. The summed E-state index contributed by atoms with van der Waals surface area (Å²) in [6.45, 7) is 1.47. The van der Waals surface area contributed by atoms with Crippen molar-refractivity contribution in [3.05, 3.63) is 17.7 Å². The molecule has 0 unspecified atom stereocenters. The largest absolute Gasteiger partial charge is 0.508 e. The van der Waals surface area contributed by atoms with E-state index in [4.69, 9.17) is 9.47 Å². The third-order valence-electron chi connectivity index (χ3n) is 2.02. The summed E-state index contributed by atoms with van der Waals surface area (Å²) in [6, 6.07) is 3.05. The van der Waals surface area contributed by atoms with Crippen molar-refractivity contribution in [2.75, 3.05) is 14.2 Å². The minimum Gasteiger partial charge on any atom is -0.508 e. The van der Waals surface area contributed by atoms with E-state index in [9.17, 15) is 9.90 Å². The molecule has 1 aromatic carbocycles. The van der Waals surface area contributed by atoms with Gasteiger partial charge in [0.25, 0.3) is 0 Å². The van der Waals surface area contributed by atoms with Gasteiger partial charge in [0.1, 0.15) is 11.5 Å². The Balaban J connectivity index is 3.13. The number of benzene rings is 1. The number of phenolic OH excluding ortho intramolecular Hbond substituents is 1. The van der Waals surface area contributed by atoms with Crippen LogP contribution in [0.1, 0.15) is 12.5 Å². The summed E-state index contributed by atoms with van der Waals surface area (Å²) in [6.07, 6.45) is 0.187. The maximum absolute atomic E-state index is 10.9. The molecule has 0 atom stereocenters. The third-order valence-corrected chi connectivity index (χ3v) is 2.02. The van der Waals surface area contributed by atoms with Crippen molar-refractivity contribution in [2.45, 2.75) is 13.3 Å². The molecule has 0 aliphatic rings. The van der Waals surface area contributed by atoms with Crippen LogP contribution in [0.5, 0.6) is 17.2 Å². The fourth-order valence-corrected chi connectivity index (χ4v) is 1.32. The summed E-state index contributed by atoms with van der Waals surface area (Å²) in [5, 5.41) is 9.60. The number of carbonyl (C=O) groups is 1. The van der Waals surface area contributed by atoms with Crippen LogP contribution < -0.4 is 9.47 Å². The van der Waals surface area contributed by atoms with Crippen molar-refractivity contribution >= 4 is 5.78 Å². The molecule has 15 heavy (non-hydrogen) atoms. The van der Waals surface area contributed by atoms with Crippen LogP contribution in [-0.4, -0.2) is 25.1 Å². The van der Waals surface area contributed by atoms with E-state index in [1.807, 2.05) is 0 Å². The molecule has 0 amide bonds. The second kappa shape index (κ2) is 4.68. The van der Waals surface area contributed by atoms with E-state index in [1.165, 1.54) is 27.2 Å². The number of hydrogen-bond donors (Lipinski definition) is 1. The first-order chi connectivity index (χ1) is 7.08. The highest BCUT2D eigenvalue weighted by atomic mass is 16.5. The van der Waals surface area contributed by atoms with Gasteiger partial charge in [-0.1, -0.05) is 0 Å². The molecule has 1 rings (SSSR count). The maximum Gasteiger partial charge on any atom is 0.164 e. The number of rotatable bonds is 4. The molecular weight excluding hydrogens is 196 g/mol. The van der Waals surface area contributed by atoms with E-state index < -0.39 is 0 Å². The van der Waals surface area contributed by atoms with Crippen molar-refractivity contribution in [1.29, 1.82) is 0 Å². The van der Waals surface area contributed by atoms with Crippen LogP contribution in [0.3, 0.4) is 0 Å². The zero-order valence-corrected chi connectivity index (χ0v) is 9.03. The molecule has 1 N–H and O–H groups in total. The molecule has 0 saturated carbocycles. The summed E-state index contributed by atoms with van der Waals surface area (Å²) in [5.41, 5.74) is 0.542. The molecule has 0 saturated heterocycles. The first-order valence-corrected chi connectivity index (χ1v) is 4.51. The molecular formula is C11H14O4. The van der Waals surface area contributed by atoms with E-state index in [1.54, 1.807) is 6.07 Å². The van der Waals surface area contributed by atoms with Gasteiger partial charge in [0.2, 0.25) is 0 Å². The van der Waals surface area contributed by atoms with Gasteiger partial charge in [0.05, 0.1) is 14.2 Å². The Hall–Kier alpha value is -1.71. The van der Waals surface area contributed by atoms with Crippen molar-refractivity contribution < 1.29 is 19.4 Å². The number of ether oxygens (including phenoxy) is 2. The van der Waals surface area contributed by atoms with Crippen LogP contribution in [0, 0.1) is 0 Å². The second-order valence-corrected chi connectivity index (χ2v) is 3.21. The standard InChI is InChI=1S/C11H14O4/c1-7(12)4-8-5-10(14-2)11(15-3)6-9(8)13/h5-6,13H,4H2,1-3H3. The highest BCUT2D eigenvalue weighted by Crippen LogP contribution is 2.34. The molecule has 4 nitrogen and oxygen atoms in total. The summed E-state index contributed by atoms with van der Waals surface area (Å²) in [4.78, 5) is 10.9. The Labute approximate surface area is 88.4 Å². The Kier molecular flexibility index (Phi) is 3.55. The van der Waals surface area contributed by atoms with Crippen molar-refractivity contribution in [3.8, 4) is 17.2 Å². The van der Waals surface area contributed by atoms with Crippen molar-refractivity contribution in [1.82, 2.24) is 0 Å². The lowest BCUT2D eigenvalue weighted by atomic mass is 10.1. The van der Waals surface area contributed by atoms with Crippen LogP contribution in [0.2, 0.25) is 0 Å². The SMILES string of the molecule is COc1cc(O)c(CC(C)=O)cc1OC. The average Bonchev–Trinajstić information content (AvgIpc) is 2.19. The second-order valence-electron chi connectivity index (χ2n) is 3.21. The van der Waals surface area contributed by atoms with Crippen molar-refractivity contribution in [3.63, 3.8) is 0 Å². The Morgan fingerprint density at radius 2 is 1.80 bits per heavy atom. The van der Waals surface area contributed by atoms with Gasteiger partial charge in [0, 0.05) is 18.1 Å². The third kappa shape index (κ3) is 2.62. The molecule has 4 heteroatoms. The predicted molar refractivity (Wildman–Crippen MR) is 55.6 cm³/mol. The summed E-state index contributed by atoms with van der Waals surface area (Å²) >= 11 is 0.